The van der Waals surface area contributed by atoms with Gasteiger partial charge in [-0.2, -0.15) is 8.42 Å². The second-order valence-electron chi connectivity index (χ2n) is 6.98. The molecular formula is C20H23NO4S. The van der Waals surface area contributed by atoms with E-state index < -0.39 is 10.1 Å². The molecule has 0 radical (unpaired) electrons. The molecule has 0 bridgehead atoms. The van der Waals surface area contributed by atoms with Crippen LogP contribution in [0.15, 0.2) is 41.3 Å². The first-order valence-corrected chi connectivity index (χ1v) is 10.1. The number of hydrogen-bond donors (Lipinski definition) is 0. The van der Waals surface area contributed by atoms with E-state index in [9.17, 15) is 13.2 Å². The number of fused-ring (bicyclic) bond motifs is 1. The second-order valence-corrected chi connectivity index (χ2v) is 8.53. The molecule has 6 heteroatoms. The molecule has 5 nitrogen and oxygen atoms in total. The van der Waals surface area contributed by atoms with Gasteiger partial charge < -0.3 is 9.08 Å². The van der Waals surface area contributed by atoms with Gasteiger partial charge in [-0.25, -0.2) is 0 Å². The number of benzene rings is 2. The second kappa shape index (κ2) is 6.76. The van der Waals surface area contributed by atoms with Crippen molar-refractivity contribution in [3.63, 3.8) is 0 Å². The highest BCUT2D eigenvalue weighted by Crippen LogP contribution is 2.31. The molecule has 0 N–H and O–H groups in total. The minimum Gasteiger partial charge on any atom is -0.379 e. The molecule has 2 aromatic carbocycles. The fourth-order valence-electron chi connectivity index (χ4n) is 3.19. The summed E-state index contributed by atoms with van der Waals surface area (Å²) in [5.74, 6) is 0.550. The summed E-state index contributed by atoms with van der Waals surface area (Å²) in [6, 6.07) is 10.3. The third kappa shape index (κ3) is 3.60. The van der Waals surface area contributed by atoms with Gasteiger partial charge in [-0.15, -0.1) is 0 Å². The van der Waals surface area contributed by atoms with Crippen LogP contribution in [0.3, 0.4) is 0 Å². The van der Waals surface area contributed by atoms with Gasteiger partial charge in [-0.1, -0.05) is 19.9 Å². The summed E-state index contributed by atoms with van der Waals surface area (Å²) in [7, 11) is -3.94. The summed E-state index contributed by atoms with van der Waals surface area (Å²) in [5, 5.41) is 0. The zero-order chi connectivity index (χ0) is 19.1. The van der Waals surface area contributed by atoms with Crippen LogP contribution in [0.4, 0.5) is 5.69 Å². The Morgan fingerprint density at radius 2 is 1.88 bits per heavy atom. The standard InChI is InChI=1S/C20H23NO4S/c1-13(2)17-9-14(3)10-18(11-17)25-26(23,24)19-5-6-20-16(12-19)7-8-21(20)15(4)22/h5-6,9-13H,7-8H2,1-4H3. The van der Waals surface area contributed by atoms with Crippen LogP contribution in [-0.4, -0.2) is 20.9 Å². The van der Waals surface area contributed by atoms with E-state index in [0.717, 1.165) is 22.4 Å². The van der Waals surface area contributed by atoms with Crippen molar-refractivity contribution in [1.82, 2.24) is 0 Å². The summed E-state index contributed by atoms with van der Waals surface area (Å²) in [6.45, 7) is 8.09. The van der Waals surface area contributed by atoms with Crippen LogP contribution < -0.4 is 9.08 Å². The molecule has 1 aliphatic rings. The maximum absolute atomic E-state index is 12.7. The maximum atomic E-state index is 12.7. The summed E-state index contributed by atoms with van der Waals surface area (Å²) >= 11 is 0. The fourth-order valence-corrected chi connectivity index (χ4v) is 4.16. The Hall–Kier alpha value is -2.34. The molecule has 0 unspecified atom stereocenters. The molecule has 0 aliphatic carbocycles. The highest BCUT2D eigenvalue weighted by atomic mass is 32.2. The van der Waals surface area contributed by atoms with E-state index in [0.29, 0.717) is 18.7 Å². The quantitative estimate of drug-likeness (QED) is 0.765. The molecule has 26 heavy (non-hydrogen) atoms. The van der Waals surface area contributed by atoms with E-state index >= 15 is 0 Å². The number of amides is 1. The van der Waals surface area contributed by atoms with E-state index in [1.54, 1.807) is 29.2 Å². The van der Waals surface area contributed by atoms with Crippen molar-refractivity contribution >= 4 is 21.7 Å². The molecular weight excluding hydrogens is 350 g/mol. The van der Waals surface area contributed by atoms with Crippen molar-refractivity contribution < 1.29 is 17.4 Å². The van der Waals surface area contributed by atoms with Gasteiger partial charge in [0.15, 0.2) is 0 Å². The minimum atomic E-state index is -3.94. The molecule has 0 spiro atoms. The highest BCUT2D eigenvalue weighted by Gasteiger charge is 2.25. The number of hydrogen-bond acceptors (Lipinski definition) is 4. The lowest BCUT2D eigenvalue weighted by atomic mass is 10.0. The lowest BCUT2D eigenvalue weighted by Crippen LogP contribution is -2.25. The minimum absolute atomic E-state index is 0.0448. The number of carbonyl (C=O) groups excluding carboxylic acids is 1. The molecule has 2 aromatic rings. The molecule has 1 heterocycles. The van der Waals surface area contributed by atoms with Crippen LogP contribution in [0.2, 0.25) is 0 Å². The molecule has 3 rings (SSSR count). The maximum Gasteiger partial charge on any atom is 0.339 e. The Kier molecular flexibility index (Phi) is 4.80. The van der Waals surface area contributed by atoms with Gasteiger partial charge in [0.2, 0.25) is 5.91 Å². The lowest BCUT2D eigenvalue weighted by Gasteiger charge is -2.15. The Morgan fingerprint density at radius 1 is 1.15 bits per heavy atom. The van der Waals surface area contributed by atoms with Gasteiger partial charge in [0, 0.05) is 19.2 Å². The van der Waals surface area contributed by atoms with Crippen LogP contribution in [-0.2, 0) is 21.3 Å². The Balaban J connectivity index is 1.91. The van der Waals surface area contributed by atoms with Gasteiger partial charge in [0.25, 0.3) is 0 Å². The van der Waals surface area contributed by atoms with Crippen molar-refractivity contribution in [3.8, 4) is 5.75 Å². The predicted molar refractivity (Wildman–Crippen MR) is 101 cm³/mol. The fraction of sp³-hybridized carbons (Fsp3) is 0.350. The molecule has 0 saturated carbocycles. The van der Waals surface area contributed by atoms with E-state index in [-0.39, 0.29) is 16.7 Å². The van der Waals surface area contributed by atoms with Gasteiger partial charge in [-0.05, 0) is 66.3 Å². The summed E-state index contributed by atoms with van der Waals surface area (Å²) in [4.78, 5) is 13.4. The first kappa shape index (κ1) is 18.5. The van der Waals surface area contributed by atoms with Crippen LogP contribution in [0.25, 0.3) is 0 Å². The average molecular weight is 373 g/mol. The number of aryl methyl sites for hydroxylation is 1. The van der Waals surface area contributed by atoms with Crippen LogP contribution in [0.1, 0.15) is 43.4 Å². The highest BCUT2D eigenvalue weighted by molar-refractivity contribution is 7.87. The van der Waals surface area contributed by atoms with Crippen molar-refractivity contribution in [1.29, 1.82) is 0 Å². The van der Waals surface area contributed by atoms with Gasteiger partial charge in [-0.3, -0.25) is 4.79 Å². The zero-order valence-electron chi connectivity index (χ0n) is 15.4. The van der Waals surface area contributed by atoms with Gasteiger partial charge in [0.1, 0.15) is 10.6 Å². The number of carbonyl (C=O) groups is 1. The smallest absolute Gasteiger partial charge is 0.339 e. The SMILES string of the molecule is CC(=O)N1CCc2cc(S(=O)(=O)Oc3cc(C)cc(C(C)C)c3)ccc21. The normalized spacial score (nSPS) is 13.8. The first-order valence-electron chi connectivity index (χ1n) is 8.64. The molecule has 0 atom stereocenters. The van der Waals surface area contributed by atoms with Gasteiger partial charge >= 0.3 is 10.1 Å². The molecule has 0 fully saturated rings. The largest absolute Gasteiger partial charge is 0.379 e. The Labute approximate surface area is 154 Å². The van der Waals surface area contributed by atoms with Crippen molar-refractivity contribution in [3.05, 3.63) is 53.1 Å². The monoisotopic (exact) mass is 373 g/mol. The average Bonchev–Trinajstić information content (AvgIpc) is 2.97. The number of rotatable bonds is 4. The lowest BCUT2D eigenvalue weighted by molar-refractivity contribution is -0.116. The van der Waals surface area contributed by atoms with Crippen LogP contribution >= 0.6 is 0 Å². The molecule has 1 amide bonds. The Bertz CT molecular complexity index is 964. The van der Waals surface area contributed by atoms with Gasteiger partial charge in [0.05, 0.1) is 0 Å². The number of nitrogens with zero attached hydrogens (tertiary/aromatic N) is 1. The summed E-state index contributed by atoms with van der Waals surface area (Å²) < 4.78 is 30.8. The molecule has 138 valence electrons. The van der Waals surface area contributed by atoms with E-state index in [1.807, 2.05) is 26.8 Å². The third-order valence-electron chi connectivity index (χ3n) is 4.56. The van der Waals surface area contributed by atoms with E-state index in [2.05, 4.69) is 0 Å². The summed E-state index contributed by atoms with van der Waals surface area (Å²) in [5.41, 5.74) is 3.60. The Morgan fingerprint density at radius 3 is 2.54 bits per heavy atom. The topological polar surface area (TPSA) is 63.7 Å². The first-order chi connectivity index (χ1) is 12.2. The van der Waals surface area contributed by atoms with Crippen LogP contribution in [0.5, 0.6) is 5.75 Å². The summed E-state index contributed by atoms with van der Waals surface area (Å²) in [6.07, 6.45) is 0.639. The molecule has 0 saturated heterocycles. The van der Waals surface area contributed by atoms with E-state index in [4.69, 9.17) is 4.18 Å². The molecule has 0 aromatic heterocycles. The zero-order valence-corrected chi connectivity index (χ0v) is 16.3. The van der Waals surface area contributed by atoms with Crippen molar-refractivity contribution in [2.24, 2.45) is 0 Å². The molecule has 1 aliphatic heterocycles. The number of anilines is 1. The third-order valence-corrected chi connectivity index (χ3v) is 5.80. The van der Waals surface area contributed by atoms with Crippen LogP contribution in [0, 0.1) is 6.92 Å². The van der Waals surface area contributed by atoms with Crippen molar-refractivity contribution in [2.45, 2.75) is 44.9 Å². The predicted octanol–water partition coefficient (Wildman–Crippen LogP) is 3.80. The van der Waals surface area contributed by atoms with E-state index in [1.165, 1.54) is 13.0 Å². The van der Waals surface area contributed by atoms with Crippen molar-refractivity contribution in [2.75, 3.05) is 11.4 Å².